The summed E-state index contributed by atoms with van der Waals surface area (Å²) < 4.78 is 15.9. The average molecular weight is 448 g/mol. The quantitative estimate of drug-likeness (QED) is 0.476. The maximum absolute atomic E-state index is 12.5. The van der Waals surface area contributed by atoms with E-state index in [0.717, 1.165) is 0 Å². The molecule has 33 heavy (non-hydrogen) atoms. The maximum atomic E-state index is 12.5. The Morgan fingerprint density at radius 2 is 1.55 bits per heavy atom. The van der Waals surface area contributed by atoms with Gasteiger partial charge in [-0.25, -0.2) is 0 Å². The first-order valence-corrected chi connectivity index (χ1v) is 10.1. The highest BCUT2D eigenvalue weighted by Gasteiger charge is 2.13. The van der Waals surface area contributed by atoms with Crippen LogP contribution in [0.2, 0.25) is 0 Å². The molecular weight excluding hydrogens is 424 g/mol. The average Bonchev–Trinajstić information content (AvgIpc) is 2.83. The van der Waals surface area contributed by atoms with Crippen molar-refractivity contribution in [2.45, 2.75) is 6.92 Å². The highest BCUT2D eigenvalue weighted by atomic mass is 16.5. The number of carbonyl (C=O) groups excluding carboxylic acids is 3. The zero-order valence-corrected chi connectivity index (χ0v) is 18.5. The molecule has 170 valence electrons. The van der Waals surface area contributed by atoms with Crippen LogP contribution < -0.4 is 24.8 Å². The lowest BCUT2D eigenvalue weighted by Gasteiger charge is -2.12. The number of anilines is 2. The molecule has 0 heterocycles. The number of methoxy groups -OCH3 is 2. The molecule has 0 aliphatic carbocycles. The van der Waals surface area contributed by atoms with Crippen LogP contribution in [0.5, 0.6) is 17.2 Å². The number of ether oxygens (including phenoxy) is 3. The second-order valence-electron chi connectivity index (χ2n) is 6.99. The first kappa shape index (κ1) is 23.3. The van der Waals surface area contributed by atoms with Crippen molar-refractivity contribution in [2.75, 3.05) is 31.5 Å². The van der Waals surface area contributed by atoms with Crippen molar-refractivity contribution in [2.24, 2.45) is 0 Å². The standard InChI is InChI=1S/C25H24N2O6/c1-16(28)20-14-19(31-2)12-13-22(20)33-15-24(29)26-18-10-8-17(9-11-18)25(30)27-21-6-4-5-7-23(21)32-3/h4-14H,15H2,1-3H3,(H,26,29)(H,27,30). The molecule has 0 unspecified atom stereocenters. The monoisotopic (exact) mass is 448 g/mol. The summed E-state index contributed by atoms with van der Waals surface area (Å²) in [5.74, 6) is 0.447. The van der Waals surface area contributed by atoms with Crippen molar-refractivity contribution < 1.29 is 28.6 Å². The fourth-order valence-electron chi connectivity index (χ4n) is 3.02. The van der Waals surface area contributed by atoms with Gasteiger partial charge in [0.1, 0.15) is 17.2 Å². The van der Waals surface area contributed by atoms with Crippen LogP contribution in [0.4, 0.5) is 11.4 Å². The third-order valence-electron chi connectivity index (χ3n) is 4.71. The lowest BCUT2D eigenvalue weighted by molar-refractivity contribution is -0.118. The first-order valence-electron chi connectivity index (χ1n) is 10.1. The molecule has 8 nitrogen and oxygen atoms in total. The van der Waals surface area contributed by atoms with Crippen molar-refractivity contribution >= 4 is 29.0 Å². The van der Waals surface area contributed by atoms with E-state index in [9.17, 15) is 14.4 Å². The highest BCUT2D eigenvalue weighted by Crippen LogP contribution is 2.25. The Morgan fingerprint density at radius 1 is 0.818 bits per heavy atom. The van der Waals surface area contributed by atoms with Crippen LogP contribution in [-0.2, 0) is 4.79 Å². The van der Waals surface area contributed by atoms with Crippen LogP contribution in [0.25, 0.3) is 0 Å². The Labute approximate surface area is 191 Å². The lowest BCUT2D eigenvalue weighted by atomic mass is 10.1. The van der Waals surface area contributed by atoms with Crippen molar-refractivity contribution in [3.05, 3.63) is 77.9 Å². The molecule has 3 rings (SSSR count). The predicted octanol–water partition coefficient (Wildman–Crippen LogP) is 4.18. The molecule has 8 heteroatoms. The first-order chi connectivity index (χ1) is 15.9. The molecule has 3 aromatic rings. The molecule has 0 spiro atoms. The molecule has 2 amide bonds. The molecular formula is C25H24N2O6. The summed E-state index contributed by atoms with van der Waals surface area (Å²) in [4.78, 5) is 36.6. The Balaban J connectivity index is 1.58. The summed E-state index contributed by atoms with van der Waals surface area (Å²) in [5, 5.41) is 5.48. The summed E-state index contributed by atoms with van der Waals surface area (Å²) in [6.07, 6.45) is 0. The fourth-order valence-corrected chi connectivity index (χ4v) is 3.02. The smallest absolute Gasteiger partial charge is 0.262 e. The Kier molecular flexibility index (Phi) is 7.64. The second-order valence-corrected chi connectivity index (χ2v) is 6.99. The van der Waals surface area contributed by atoms with Gasteiger partial charge in [-0.15, -0.1) is 0 Å². The number of Topliss-reactive ketones (excluding diaryl/α,β-unsaturated/α-hetero) is 1. The molecule has 2 N–H and O–H groups in total. The molecule has 3 aromatic carbocycles. The SMILES string of the molecule is COc1ccc(OCC(=O)Nc2ccc(C(=O)Nc3ccccc3OC)cc2)c(C(C)=O)c1. The zero-order valence-electron chi connectivity index (χ0n) is 18.5. The number of ketones is 1. The number of carbonyl (C=O) groups is 3. The minimum Gasteiger partial charge on any atom is -0.497 e. The van der Waals surface area contributed by atoms with Gasteiger partial charge in [0.15, 0.2) is 12.4 Å². The highest BCUT2D eigenvalue weighted by molar-refractivity contribution is 6.05. The van der Waals surface area contributed by atoms with E-state index in [4.69, 9.17) is 14.2 Å². The molecule has 0 aromatic heterocycles. The number of benzene rings is 3. The van der Waals surface area contributed by atoms with E-state index >= 15 is 0 Å². The molecule has 0 aliphatic heterocycles. The van der Waals surface area contributed by atoms with Gasteiger partial charge in [-0.2, -0.15) is 0 Å². The maximum Gasteiger partial charge on any atom is 0.262 e. The molecule has 0 atom stereocenters. The number of para-hydroxylation sites is 2. The molecule has 0 bridgehead atoms. The number of hydrogen-bond donors (Lipinski definition) is 2. The minimum absolute atomic E-state index is 0.203. The van der Waals surface area contributed by atoms with E-state index in [1.807, 2.05) is 6.07 Å². The molecule has 0 aliphatic rings. The summed E-state index contributed by atoms with van der Waals surface area (Å²) in [6, 6.07) is 18.3. The van der Waals surface area contributed by atoms with Crippen molar-refractivity contribution in [3.63, 3.8) is 0 Å². The van der Waals surface area contributed by atoms with Crippen LogP contribution in [-0.4, -0.2) is 38.4 Å². The van der Waals surface area contributed by atoms with Gasteiger partial charge in [0.2, 0.25) is 0 Å². The van der Waals surface area contributed by atoms with Crippen molar-refractivity contribution in [3.8, 4) is 17.2 Å². The largest absolute Gasteiger partial charge is 0.497 e. The summed E-state index contributed by atoms with van der Waals surface area (Å²) in [5.41, 5.74) is 1.80. The van der Waals surface area contributed by atoms with Gasteiger partial charge in [0.05, 0.1) is 25.5 Å². The van der Waals surface area contributed by atoms with Gasteiger partial charge in [0, 0.05) is 11.3 Å². The number of rotatable bonds is 9. The predicted molar refractivity (Wildman–Crippen MR) is 125 cm³/mol. The van der Waals surface area contributed by atoms with E-state index in [1.165, 1.54) is 21.1 Å². The lowest BCUT2D eigenvalue weighted by Crippen LogP contribution is -2.21. The minimum atomic E-state index is -0.411. The van der Waals surface area contributed by atoms with Gasteiger partial charge in [-0.3, -0.25) is 14.4 Å². The third kappa shape index (κ3) is 6.10. The summed E-state index contributed by atoms with van der Waals surface area (Å²) in [6.45, 7) is 1.12. The van der Waals surface area contributed by atoms with Gasteiger partial charge >= 0.3 is 0 Å². The number of nitrogens with one attached hydrogen (secondary N) is 2. The second kappa shape index (κ2) is 10.8. The third-order valence-corrected chi connectivity index (χ3v) is 4.71. The van der Waals surface area contributed by atoms with Crippen LogP contribution in [0.1, 0.15) is 27.6 Å². The summed E-state index contributed by atoms with van der Waals surface area (Å²) in [7, 11) is 3.03. The van der Waals surface area contributed by atoms with Crippen LogP contribution >= 0.6 is 0 Å². The van der Waals surface area contributed by atoms with E-state index in [-0.39, 0.29) is 18.3 Å². The van der Waals surface area contributed by atoms with Crippen molar-refractivity contribution in [1.29, 1.82) is 0 Å². The van der Waals surface area contributed by atoms with Gasteiger partial charge in [-0.05, 0) is 61.5 Å². The molecule has 0 saturated heterocycles. The summed E-state index contributed by atoms with van der Waals surface area (Å²) >= 11 is 0. The topological polar surface area (TPSA) is 103 Å². The van der Waals surface area contributed by atoms with Gasteiger partial charge < -0.3 is 24.8 Å². The van der Waals surface area contributed by atoms with Gasteiger partial charge in [0.25, 0.3) is 11.8 Å². The van der Waals surface area contributed by atoms with E-state index < -0.39 is 5.91 Å². The van der Waals surface area contributed by atoms with Gasteiger partial charge in [-0.1, -0.05) is 12.1 Å². The molecule has 0 radical (unpaired) electrons. The number of amides is 2. The zero-order chi connectivity index (χ0) is 23.8. The van der Waals surface area contributed by atoms with Crippen LogP contribution in [0.15, 0.2) is 66.7 Å². The Bertz CT molecular complexity index is 1160. The Hall–Kier alpha value is -4.33. The molecule has 0 saturated carbocycles. The normalized spacial score (nSPS) is 10.2. The van der Waals surface area contributed by atoms with E-state index in [0.29, 0.717) is 39.8 Å². The van der Waals surface area contributed by atoms with Crippen molar-refractivity contribution in [1.82, 2.24) is 0 Å². The van der Waals surface area contributed by atoms with Crippen LogP contribution in [0.3, 0.4) is 0 Å². The molecule has 0 fully saturated rings. The van der Waals surface area contributed by atoms with E-state index in [1.54, 1.807) is 60.7 Å². The number of hydrogen-bond acceptors (Lipinski definition) is 6. The van der Waals surface area contributed by atoms with E-state index in [2.05, 4.69) is 10.6 Å². The van der Waals surface area contributed by atoms with Crippen LogP contribution in [0, 0.1) is 0 Å². The fraction of sp³-hybridized carbons (Fsp3) is 0.160. The Morgan fingerprint density at radius 3 is 2.21 bits per heavy atom.